The molecule has 0 fully saturated rings. The molecule has 3 aromatic rings. The van der Waals surface area contributed by atoms with E-state index in [1.807, 2.05) is 55.5 Å². The van der Waals surface area contributed by atoms with E-state index >= 15 is 0 Å². The molecule has 3 rings (SSSR count). The Morgan fingerprint density at radius 2 is 1.96 bits per heavy atom. The Morgan fingerprint density at radius 1 is 1.16 bits per heavy atom. The van der Waals surface area contributed by atoms with Gasteiger partial charge < -0.3 is 9.88 Å². The third-order valence-corrected chi connectivity index (χ3v) is 4.49. The van der Waals surface area contributed by atoms with Crippen molar-refractivity contribution in [3.63, 3.8) is 0 Å². The van der Waals surface area contributed by atoms with Crippen molar-refractivity contribution in [1.29, 1.82) is 10.5 Å². The van der Waals surface area contributed by atoms with Crippen LogP contribution in [0.3, 0.4) is 0 Å². The van der Waals surface area contributed by atoms with Gasteiger partial charge >= 0.3 is 0 Å². The summed E-state index contributed by atoms with van der Waals surface area (Å²) >= 11 is 3.48. The van der Waals surface area contributed by atoms with E-state index in [0.29, 0.717) is 11.1 Å². The van der Waals surface area contributed by atoms with E-state index < -0.39 is 0 Å². The third kappa shape index (κ3) is 3.28. The van der Waals surface area contributed by atoms with Crippen LogP contribution < -0.4 is 4.90 Å². The fourth-order valence-corrected chi connectivity index (χ4v) is 3.15. The Labute approximate surface area is 154 Å². The van der Waals surface area contributed by atoms with E-state index in [0.717, 1.165) is 32.2 Å². The van der Waals surface area contributed by atoms with E-state index in [9.17, 15) is 10.5 Å². The maximum atomic E-state index is 9.72. The summed E-state index contributed by atoms with van der Waals surface area (Å²) in [6.45, 7) is 0. The second kappa shape index (κ2) is 6.84. The van der Waals surface area contributed by atoms with Gasteiger partial charge in [0.25, 0.3) is 0 Å². The van der Waals surface area contributed by atoms with Crippen molar-refractivity contribution in [1.82, 2.24) is 4.98 Å². The zero-order valence-electron chi connectivity index (χ0n) is 13.8. The van der Waals surface area contributed by atoms with Gasteiger partial charge in [0.1, 0.15) is 0 Å². The van der Waals surface area contributed by atoms with E-state index in [-0.39, 0.29) is 0 Å². The molecule has 0 amide bonds. The first-order valence-electron chi connectivity index (χ1n) is 7.63. The first-order chi connectivity index (χ1) is 12.0. The summed E-state index contributed by atoms with van der Waals surface area (Å²) in [6.07, 6.45) is 3.68. The van der Waals surface area contributed by atoms with Gasteiger partial charge in [0.2, 0.25) is 0 Å². The number of nitrogens with one attached hydrogen (secondary N) is 1. The Morgan fingerprint density at radius 3 is 2.64 bits per heavy atom. The smallest absolute Gasteiger partial charge is 0.0998 e. The van der Waals surface area contributed by atoms with Gasteiger partial charge in [-0.25, -0.2) is 0 Å². The van der Waals surface area contributed by atoms with Gasteiger partial charge in [0.05, 0.1) is 23.3 Å². The zero-order chi connectivity index (χ0) is 18.0. The fourth-order valence-electron chi connectivity index (χ4n) is 2.79. The second-order valence-electron chi connectivity index (χ2n) is 5.84. The van der Waals surface area contributed by atoms with Crippen LogP contribution in [-0.4, -0.2) is 19.1 Å². The van der Waals surface area contributed by atoms with Gasteiger partial charge in [-0.1, -0.05) is 15.9 Å². The minimum absolute atomic E-state index is 0.544. The Hall–Kier alpha value is -3.02. The van der Waals surface area contributed by atoms with Gasteiger partial charge in [0.15, 0.2) is 0 Å². The predicted octanol–water partition coefficient (Wildman–Crippen LogP) is 4.93. The molecule has 4 nitrogen and oxygen atoms in total. The number of H-pyrrole nitrogens is 1. The maximum absolute atomic E-state index is 9.72. The molecule has 0 aliphatic heterocycles. The van der Waals surface area contributed by atoms with Gasteiger partial charge in [-0.2, -0.15) is 10.5 Å². The molecular formula is C20H15BrN4. The molecule has 1 N–H and O–H groups in total. The van der Waals surface area contributed by atoms with Crippen molar-refractivity contribution < 1.29 is 0 Å². The zero-order valence-corrected chi connectivity index (χ0v) is 15.4. The maximum Gasteiger partial charge on any atom is 0.0998 e. The van der Waals surface area contributed by atoms with E-state index in [1.54, 1.807) is 12.1 Å². The largest absolute Gasteiger partial charge is 0.377 e. The van der Waals surface area contributed by atoms with Crippen LogP contribution >= 0.6 is 15.9 Å². The van der Waals surface area contributed by atoms with Crippen LogP contribution in [0.15, 0.2) is 47.1 Å². The molecule has 0 aliphatic carbocycles. The molecule has 0 atom stereocenters. The van der Waals surface area contributed by atoms with Gasteiger partial charge in [-0.15, -0.1) is 0 Å². The lowest BCUT2D eigenvalue weighted by Crippen LogP contribution is -2.10. The lowest BCUT2D eigenvalue weighted by atomic mass is 10.0. The molecule has 122 valence electrons. The number of halogens is 1. The molecule has 5 heteroatoms. The fraction of sp³-hybridized carbons (Fsp3) is 0.100. The lowest BCUT2D eigenvalue weighted by Gasteiger charge is -2.16. The van der Waals surface area contributed by atoms with Gasteiger partial charge in [-0.05, 0) is 42.5 Å². The summed E-state index contributed by atoms with van der Waals surface area (Å²) in [5, 5.41) is 19.9. The Bertz CT molecular complexity index is 1060. The third-order valence-electron chi connectivity index (χ3n) is 3.99. The van der Waals surface area contributed by atoms with Crippen LogP contribution in [0.1, 0.15) is 16.7 Å². The van der Waals surface area contributed by atoms with Crippen molar-refractivity contribution in [2.24, 2.45) is 0 Å². The highest BCUT2D eigenvalue weighted by Crippen LogP contribution is 2.31. The standard InChI is InChI=1S/C20H15BrN4/c1-25(2)20-6-3-13(10-22)7-14(20)8-15(11-23)18-12-24-19-5-4-16(21)9-17(18)19/h3-9,12,24H,1-2H3. The topological polar surface area (TPSA) is 66.6 Å². The summed E-state index contributed by atoms with van der Waals surface area (Å²) in [6, 6.07) is 15.8. The number of benzene rings is 2. The number of hydrogen-bond acceptors (Lipinski definition) is 3. The first-order valence-corrected chi connectivity index (χ1v) is 8.43. The van der Waals surface area contributed by atoms with Crippen LogP contribution in [0.2, 0.25) is 0 Å². The molecule has 1 heterocycles. The number of allylic oxidation sites excluding steroid dienone is 1. The first kappa shape index (κ1) is 16.8. The number of fused-ring (bicyclic) bond motifs is 1. The SMILES string of the molecule is CN(C)c1ccc(C#N)cc1C=C(C#N)c1c[nH]c2ccc(Br)cc12. The highest BCUT2D eigenvalue weighted by molar-refractivity contribution is 9.10. The van der Waals surface area contributed by atoms with Crippen molar-refractivity contribution in [2.45, 2.75) is 0 Å². The van der Waals surface area contributed by atoms with Crippen LogP contribution in [0.4, 0.5) is 5.69 Å². The molecule has 0 saturated carbocycles. The Balaban J connectivity index is 2.20. The number of aromatic nitrogens is 1. The van der Waals surface area contributed by atoms with Crippen molar-refractivity contribution in [2.75, 3.05) is 19.0 Å². The molecule has 1 aromatic heterocycles. The quantitative estimate of drug-likeness (QED) is 0.644. The van der Waals surface area contributed by atoms with Crippen LogP contribution in [0.25, 0.3) is 22.6 Å². The number of anilines is 1. The number of nitrogens with zero attached hydrogens (tertiary/aromatic N) is 3. The second-order valence-corrected chi connectivity index (χ2v) is 6.76. The monoisotopic (exact) mass is 390 g/mol. The average molecular weight is 391 g/mol. The van der Waals surface area contributed by atoms with Crippen molar-refractivity contribution in [3.05, 3.63) is 63.8 Å². The molecule has 0 spiro atoms. The number of aromatic amines is 1. The van der Waals surface area contributed by atoms with Crippen LogP contribution in [0, 0.1) is 22.7 Å². The average Bonchev–Trinajstić information content (AvgIpc) is 3.02. The van der Waals surface area contributed by atoms with E-state index in [2.05, 4.69) is 33.1 Å². The minimum atomic E-state index is 0.544. The summed E-state index contributed by atoms with van der Waals surface area (Å²) in [5.41, 5.74) is 4.71. The van der Waals surface area contributed by atoms with Gasteiger partial charge in [-0.3, -0.25) is 0 Å². The molecule has 0 saturated heterocycles. The molecule has 2 aromatic carbocycles. The molecule has 0 unspecified atom stereocenters. The lowest BCUT2D eigenvalue weighted by molar-refractivity contribution is 1.13. The van der Waals surface area contributed by atoms with E-state index in [4.69, 9.17) is 0 Å². The van der Waals surface area contributed by atoms with Crippen LogP contribution in [0.5, 0.6) is 0 Å². The number of rotatable bonds is 3. The number of hydrogen-bond donors (Lipinski definition) is 1. The van der Waals surface area contributed by atoms with Gasteiger partial charge in [0, 0.05) is 52.5 Å². The summed E-state index contributed by atoms with van der Waals surface area (Å²) < 4.78 is 0.957. The molecule has 0 aliphatic rings. The Kier molecular flexibility index (Phi) is 4.61. The molecule has 0 bridgehead atoms. The minimum Gasteiger partial charge on any atom is -0.377 e. The molecule has 0 radical (unpaired) electrons. The highest BCUT2D eigenvalue weighted by Gasteiger charge is 2.11. The number of nitriles is 2. The van der Waals surface area contributed by atoms with Crippen molar-refractivity contribution in [3.8, 4) is 12.1 Å². The highest BCUT2D eigenvalue weighted by atomic mass is 79.9. The summed E-state index contributed by atoms with van der Waals surface area (Å²) in [4.78, 5) is 5.17. The normalized spacial score (nSPS) is 11.2. The van der Waals surface area contributed by atoms with Crippen LogP contribution in [-0.2, 0) is 0 Å². The van der Waals surface area contributed by atoms with Crippen molar-refractivity contribution >= 4 is 44.2 Å². The molecular weight excluding hydrogens is 376 g/mol. The molecule has 25 heavy (non-hydrogen) atoms. The predicted molar refractivity (Wildman–Crippen MR) is 105 cm³/mol. The summed E-state index contributed by atoms with van der Waals surface area (Å²) in [5.74, 6) is 0. The summed E-state index contributed by atoms with van der Waals surface area (Å²) in [7, 11) is 3.88. The van der Waals surface area contributed by atoms with E-state index in [1.165, 1.54) is 0 Å².